The molecule has 0 aromatic rings. The van der Waals surface area contributed by atoms with Crippen molar-refractivity contribution >= 4 is 5.91 Å². The van der Waals surface area contributed by atoms with Crippen molar-refractivity contribution in [1.82, 2.24) is 10.2 Å². The Balaban J connectivity index is 1.83. The molecule has 1 amide bonds. The maximum atomic E-state index is 12.1. The maximum Gasteiger partial charge on any atom is 0.240 e. The van der Waals surface area contributed by atoms with Crippen LogP contribution in [0, 0.1) is 17.3 Å². The summed E-state index contributed by atoms with van der Waals surface area (Å²) in [4.78, 5) is 14.1. The summed E-state index contributed by atoms with van der Waals surface area (Å²) in [6.07, 6.45) is 2.23. The van der Waals surface area contributed by atoms with E-state index in [0.29, 0.717) is 17.2 Å². The van der Waals surface area contributed by atoms with Crippen molar-refractivity contribution in [3.63, 3.8) is 0 Å². The summed E-state index contributed by atoms with van der Waals surface area (Å²) in [5.74, 6) is 1.62. The maximum absolute atomic E-state index is 12.1. The van der Waals surface area contributed by atoms with Gasteiger partial charge >= 0.3 is 0 Å². The first kappa shape index (κ1) is 11.9. The molecule has 1 N–H and O–H groups in total. The Labute approximate surface area is 98.6 Å². The highest BCUT2D eigenvalue weighted by molar-refractivity contribution is 5.83. The van der Waals surface area contributed by atoms with Gasteiger partial charge in [-0.2, -0.15) is 0 Å². The number of rotatable bonds is 4. The molecule has 2 atom stereocenters. The predicted molar refractivity (Wildman–Crippen MR) is 64.8 cm³/mol. The highest BCUT2D eigenvalue weighted by Crippen LogP contribution is 2.51. The Hall–Kier alpha value is -0.570. The quantitative estimate of drug-likeness (QED) is 0.790. The minimum Gasteiger partial charge on any atom is -0.328 e. The van der Waals surface area contributed by atoms with Gasteiger partial charge in [0.1, 0.15) is 0 Å². The number of hydrogen-bond acceptors (Lipinski definition) is 2. The van der Waals surface area contributed by atoms with Gasteiger partial charge in [-0.25, -0.2) is 0 Å². The lowest BCUT2D eigenvalue weighted by Gasteiger charge is -2.16. The molecule has 16 heavy (non-hydrogen) atoms. The Kier molecular flexibility index (Phi) is 2.99. The van der Waals surface area contributed by atoms with E-state index in [-0.39, 0.29) is 6.04 Å². The first-order valence-electron chi connectivity index (χ1n) is 6.42. The number of amides is 1. The van der Waals surface area contributed by atoms with Crippen LogP contribution in [0.4, 0.5) is 0 Å². The highest BCUT2D eigenvalue weighted by Gasteiger charge is 2.47. The van der Waals surface area contributed by atoms with Crippen LogP contribution < -0.4 is 5.32 Å². The van der Waals surface area contributed by atoms with Crippen LogP contribution in [0.5, 0.6) is 0 Å². The van der Waals surface area contributed by atoms with Crippen molar-refractivity contribution in [1.29, 1.82) is 0 Å². The summed E-state index contributed by atoms with van der Waals surface area (Å²) < 4.78 is 0. The molecule has 0 aromatic carbocycles. The van der Waals surface area contributed by atoms with Gasteiger partial charge < -0.3 is 4.90 Å². The number of carbonyl (C=O) groups excluding carboxylic acids is 1. The van der Waals surface area contributed by atoms with E-state index in [9.17, 15) is 4.79 Å². The molecule has 2 unspecified atom stereocenters. The molecule has 92 valence electrons. The fraction of sp³-hybridized carbons (Fsp3) is 0.923. The van der Waals surface area contributed by atoms with Crippen LogP contribution in [0.25, 0.3) is 0 Å². The van der Waals surface area contributed by atoms with E-state index in [1.165, 1.54) is 6.42 Å². The molecule has 2 aliphatic rings. The van der Waals surface area contributed by atoms with Crippen LogP contribution in [-0.4, -0.2) is 30.1 Å². The lowest BCUT2D eigenvalue weighted by atomic mass is 10.0. The average Bonchev–Trinajstić information content (AvgIpc) is 2.62. The third kappa shape index (κ3) is 2.40. The summed E-state index contributed by atoms with van der Waals surface area (Å²) in [7, 11) is 0. The zero-order valence-electron chi connectivity index (χ0n) is 10.9. The topological polar surface area (TPSA) is 32.3 Å². The molecule has 2 fully saturated rings. The lowest BCUT2D eigenvalue weighted by molar-refractivity contribution is -0.129. The fourth-order valence-electron chi connectivity index (χ4n) is 2.57. The van der Waals surface area contributed by atoms with Gasteiger partial charge in [-0.3, -0.25) is 10.1 Å². The van der Waals surface area contributed by atoms with Gasteiger partial charge in [0.15, 0.2) is 0 Å². The van der Waals surface area contributed by atoms with Gasteiger partial charge in [0.05, 0.1) is 12.7 Å². The molecule has 1 heterocycles. The Morgan fingerprint density at radius 2 is 2.12 bits per heavy atom. The summed E-state index contributed by atoms with van der Waals surface area (Å²) >= 11 is 0. The second kappa shape index (κ2) is 4.02. The van der Waals surface area contributed by atoms with E-state index in [1.54, 1.807) is 0 Å². The van der Waals surface area contributed by atoms with Crippen LogP contribution >= 0.6 is 0 Å². The standard InChI is InChI=1S/C13H24N2O/c1-9(2)5-11-12(16)15(8-14-11)7-10-6-13(10,3)4/h9-11,14H,5-8H2,1-4H3. The smallest absolute Gasteiger partial charge is 0.240 e. The molecule has 1 saturated heterocycles. The summed E-state index contributed by atoms with van der Waals surface area (Å²) in [5, 5.41) is 3.32. The molecule has 3 nitrogen and oxygen atoms in total. The van der Waals surface area contributed by atoms with Gasteiger partial charge in [0.25, 0.3) is 0 Å². The van der Waals surface area contributed by atoms with Gasteiger partial charge in [0, 0.05) is 6.54 Å². The first-order valence-corrected chi connectivity index (χ1v) is 6.42. The van der Waals surface area contributed by atoms with E-state index in [1.807, 2.05) is 4.90 Å². The van der Waals surface area contributed by atoms with Gasteiger partial charge in [0.2, 0.25) is 5.91 Å². The summed E-state index contributed by atoms with van der Waals surface area (Å²) in [6.45, 7) is 10.6. The molecular weight excluding hydrogens is 200 g/mol. The zero-order chi connectivity index (χ0) is 11.9. The van der Waals surface area contributed by atoms with Crippen molar-refractivity contribution in [2.45, 2.75) is 46.6 Å². The molecule has 1 aliphatic heterocycles. The first-order chi connectivity index (χ1) is 7.40. The molecular formula is C13H24N2O. The number of nitrogens with zero attached hydrogens (tertiary/aromatic N) is 1. The van der Waals surface area contributed by atoms with E-state index >= 15 is 0 Å². The third-order valence-electron chi connectivity index (χ3n) is 4.00. The van der Waals surface area contributed by atoms with E-state index in [2.05, 4.69) is 33.0 Å². The normalized spacial score (nSPS) is 32.6. The van der Waals surface area contributed by atoms with Crippen LogP contribution in [0.1, 0.15) is 40.5 Å². The van der Waals surface area contributed by atoms with E-state index in [0.717, 1.165) is 25.6 Å². The third-order valence-corrected chi connectivity index (χ3v) is 4.00. The number of hydrogen-bond donors (Lipinski definition) is 1. The van der Waals surface area contributed by atoms with Crippen LogP contribution in [0.15, 0.2) is 0 Å². The van der Waals surface area contributed by atoms with E-state index < -0.39 is 0 Å². The Morgan fingerprint density at radius 1 is 1.50 bits per heavy atom. The Morgan fingerprint density at radius 3 is 2.62 bits per heavy atom. The lowest BCUT2D eigenvalue weighted by Crippen LogP contribution is -2.33. The molecule has 0 bridgehead atoms. The minimum absolute atomic E-state index is 0.0712. The van der Waals surface area contributed by atoms with Crippen molar-refractivity contribution in [2.75, 3.05) is 13.2 Å². The van der Waals surface area contributed by atoms with Crippen LogP contribution in [0.2, 0.25) is 0 Å². The monoisotopic (exact) mass is 224 g/mol. The van der Waals surface area contributed by atoms with Crippen molar-refractivity contribution < 1.29 is 4.79 Å². The average molecular weight is 224 g/mol. The molecule has 2 rings (SSSR count). The minimum atomic E-state index is 0.0712. The fourth-order valence-corrected chi connectivity index (χ4v) is 2.57. The molecule has 0 spiro atoms. The van der Waals surface area contributed by atoms with Gasteiger partial charge in [-0.15, -0.1) is 0 Å². The van der Waals surface area contributed by atoms with Crippen molar-refractivity contribution in [2.24, 2.45) is 17.3 Å². The highest BCUT2D eigenvalue weighted by atomic mass is 16.2. The summed E-state index contributed by atoms with van der Waals surface area (Å²) in [6, 6.07) is 0.0712. The van der Waals surface area contributed by atoms with Crippen LogP contribution in [-0.2, 0) is 4.79 Å². The van der Waals surface area contributed by atoms with Crippen molar-refractivity contribution in [3.8, 4) is 0 Å². The summed E-state index contributed by atoms with van der Waals surface area (Å²) in [5.41, 5.74) is 0.469. The Bertz CT molecular complexity index is 286. The van der Waals surface area contributed by atoms with Crippen LogP contribution in [0.3, 0.4) is 0 Å². The number of carbonyl (C=O) groups is 1. The second-order valence-corrected chi connectivity index (χ2v) is 6.49. The molecule has 3 heteroatoms. The zero-order valence-corrected chi connectivity index (χ0v) is 10.9. The predicted octanol–water partition coefficient (Wildman–Crippen LogP) is 1.84. The molecule has 0 radical (unpaired) electrons. The molecule has 1 aliphatic carbocycles. The molecule has 1 saturated carbocycles. The largest absolute Gasteiger partial charge is 0.328 e. The van der Waals surface area contributed by atoms with Gasteiger partial charge in [-0.05, 0) is 30.1 Å². The molecule has 0 aromatic heterocycles. The number of nitrogens with one attached hydrogen (secondary N) is 1. The van der Waals surface area contributed by atoms with Gasteiger partial charge in [-0.1, -0.05) is 27.7 Å². The second-order valence-electron chi connectivity index (χ2n) is 6.49. The van der Waals surface area contributed by atoms with Crippen molar-refractivity contribution in [3.05, 3.63) is 0 Å². The SMILES string of the molecule is CC(C)CC1NCN(CC2CC2(C)C)C1=O. The van der Waals surface area contributed by atoms with E-state index in [4.69, 9.17) is 0 Å².